The summed E-state index contributed by atoms with van der Waals surface area (Å²) in [4.78, 5) is 15.5. The number of carbonyl (C=O) groups excluding carboxylic acids is 1. The predicted octanol–water partition coefficient (Wildman–Crippen LogP) is 3.61. The second-order valence-corrected chi connectivity index (χ2v) is 6.67. The largest absolute Gasteiger partial charge is 0.322 e. The number of hydrogen-bond donors (Lipinski definition) is 1. The number of rotatable bonds is 2. The van der Waals surface area contributed by atoms with Gasteiger partial charge in [0.2, 0.25) is 5.91 Å². The number of pyridine rings is 1. The lowest BCUT2D eigenvalue weighted by molar-refractivity contribution is -0.117. The van der Waals surface area contributed by atoms with E-state index < -0.39 is 4.32 Å². The van der Waals surface area contributed by atoms with Crippen LogP contribution < -0.4 is 5.32 Å². The van der Waals surface area contributed by atoms with Gasteiger partial charge in [-0.15, -0.1) is 0 Å². The molecule has 0 saturated heterocycles. The molecule has 1 heterocycles. The molecule has 0 aliphatic carbocycles. The number of halogens is 3. The second-order valence-electron chi connectivity index (χ2n) is 3.42. The summed E-state index contributed by atoms with van der Waals surface area (Å²) < 4.78 is 0.119. The summed E-state index contributed by atoms with van der Waals surface area (Å²) in [7, 11) is 0. The summed E-state index contributed by atoms with van der Waals surface area (Å²) in [6, 6.07) is 1.70. The molecule has 0 bridgehead atoms. The molecule has 0 saturated carbocycles. The number of amides is 1. The van der Waals surface area contributed by atoms with Crippen molar-refractivity contribution >= 4 is 55.1 Å². The molecule has 1 amide bonds. The van der Waals surface area contributed by atoms with E-state index in [2.05, 4.69) is 42.2 Å². The highest BCUT2D eigenvalue weighted by Gasteiger charge is 2.24. The van der Waals surface area contributed by atoms with E-state index in [4.69, 9.17) is 11.6 Å². The number of carbonyl (C=O) groups is 1. The number of hydrogen-bond acceptors (Lipinski definition) is 2. The molecule has 0 aliphatic rings. The molecule has 1 aromatic rings. The van der Waals surface area contributed by atoms with Crippen LogP contribution in [-0.4, -0.2) is 15.2 Å². The number of nitrogens with one attached hydrogen (secondary N) is 1. The fourth-order valence-corrected chi connectivity index (χ4v) is 1.36. The summed E-state index contributed by atoms with van der Waals surface area (Å²) in [5, 5.41) is 2.95. The first-order chi connectivity index (χ1) is 6.80. The summed E-state index contributed by atoms with van der Waals surface area (Å²) in [5.74, 6) is -0.177. The molecule has 82 valence electrons. The molecule has 1 aromatic heterocycles. The number of anilines is 1. The normalized spacial score (nSPS) is 11.3. The minimum absolute atomic E-state index is 0.177. The zero-order valence-corrected chi connectivity index (χ0v) is 12.1. The van der Waals surface area contributed by atoms with Crippen molar-refractivity contribution in [3.8, 4) is 0 Å². The zero-order chi connectivity index (χ0) is 11.6. The molecule has 0 aliphatic heterocycles. The Morgan fingerprint density at radius 1 is 1.60 bits per heavy atom. The fourth-order valence-electron chi connectivity index (χ4n) is 0.781. The quantitative estimate of drug-likeness (QED) is 0.650. The third kappa shape index (κ3) is 3.74. The van der Waals surface area contributed by atoms with Gasteiger partial charge in [0, 0.05) is 10.7 Å². The first-order valence-corrected chi connectivity index (χ1v) is 6.08. The van der Waals surface area contributed by atoms with E-state index in [1.54, 1.807) is 26.1 Å². The van der Waals surface area contributed by atoms with E-state index in [0.29, 0.717) is 5.69 Å². The van der Waals surface area contributed by atoms with Gasteiger partial charge in [0.05, 0.1) is 10.0 Å². The topological polar surface area (TPSA) is 42.0 Å². The van der Waals surface area contributed by atoms with Crippen LogP contribution in [0.25, 0.3) is 0 Å². The fraction of sp³-hybridized carbons (Fsp3) is 0.333. The van der Waals surface area contributed by atoms with Crippen molar-refractivity contribution in [2.75, 3.05) is 5.32 Å². The van der Waals surface area contributed by atoms with Crippen LogP contribution in [0.1, 0.15) is 13.8 Å². The Balaban J connectivity index is 2.90. The number of aromatic nitrogens is 1. The Kier molecular flexibility index (Phi) is 4.14. The Morgan fingerprint density at radius 2 is 2.20 bits per heavy atom. The van der Waals surface area contributed by atoms with E-state index >= 15 is 0 Å². The van der Waals surface area contributed by atoms with Crippen LogP contribution in [0.5, 0.6) is 0 Å². The minimum atomic E-state index is -0.640. The van der Waals surface area contributed by atoms with Crippen molar-refractivity contribution in [2.24, 2.45) is 0 Å². The van der Waals surface area contributed by atoms with Crippen molar-refractivity contribution in [3.63, 3.8) is 0 Å². The highest BCUT2D eigenvalue weighted by Crippen LogP contribution is 2.25. The first kappa shape index (κ1) is 12.9. The van der Waals surface area contributed by atoms with Gasteiger partial charge in [0.15, 0.2) is 5.15 Å². The molecule has 0 atom stereocenters. The highest BCUT2D eigenvalue weighted by atomic mass is 79.9. The van der Waals surface area contributed by atoms with Crippen LogP contribution in [-0.2, 0) is 4.79 Å². The molecule has 1 rings (SSSR count). The Bertz CT molecular complexity index is 390. The lowest BCUT2D eigenvalue weighted by Gasteiger charge is -2.16. The van der Waals surface area contributed by atoms with E-state index in [0.717, 1.165) is 4.47 Å². The Labute approximate surface area is 110 Å². The summed E-state index contributed by atoms with van der Waals surface area (Å²) in [6.45, 7) is 3.50. The van der Waals surface area contributed by atoms with Crippen molar-refractivity contribution in [2.45, 2.75) is 18.2 Å². The van der Waals surface area contributed by atoms with Gasteiger partial charge in [-0.1, -0.05) is 27.5 Å². The molecule has 3 nitrogen and oxygen atoms in total. The number of alkyl halides is 1. The maximum absolute atomic E-state index is 11.6. The van der Waals surface area contributed by atoms with Crippen LogP contribution in [0, 0.1) is 0 Å². The molecule has 6 heteroatoms. The molecule has 0 unspecified atom stereocenters. The zero-order valence-electron chi connectivity index (χ0n) is 8.14. The summed E-state index contributed by atoms with van der Waals surface area (Å²) in [6.07, 6.45) is 1.57. The van der Waals surface area contributed by atoms with Gasteiger partial charge < -0.3 is 5.32 Å². The maximum atomic E-state index is 11.6. The van der Waals surface area contributed by atoms with Crippen LogP contribution >= 0.6 is 43.5 Å². The third-order valence-corrected chi connectivity index (χ3v) is 2.69. The Hall–Kier alpha value is -0.130. The molecular formula is C9H9Br2ClN2O. The van der Waals surface area contributed by atoms with Crippen LogP contribution in [0.3, 0.4) is 0 Å². The van der Waals surface area contributed by atoms with Gasteiger partial charge in [-0.2, -0.15) is 0 Å². The monoisotopic (exact) mass is 354 g/mol. The molecule has 1 N–H and O–H groups in total. The Morgan fingerprint density at radius 3 is 2.73 bits per heavy atom. The SMILES string of the molecule is CC(C)(Br)C(=O)Nc1cc(Br)cnc1Cl. The molecule has 0 aromatic carbocycles. The van der Waals surface area contributed by atoms with Crippen molar-refractivity contribution in [1.82, 2.24) is 4.98 Å². The van der Waals surface area contributed by atoms with Gasteiger partial charge in [-0.25, -0.2) is 4.98 Å². The van der Waals surface area contributed by atoms with Crippen molar-refractivity contribution < 1.29 is 4.79 Å². The first-order valence-electron chi connectivity index (χ1n) is 4.12. The molecule has 0 fully saturated rings. The van der Waals surface area contributed by atoms with Crippen LogP contribution in [0.2, 0.25) is 5.15 Å². The van der Waals surface area contributed by atoms with E-state index in [1.807, 2.05) is 0 Å². The van der Waals surface area contributed by atoms with E-state index in [-0.39, 0.29) is 11.1 Å². The minimum Gasteiger partial charge on any atom is -0.322 e. The van der Waals surface area contributed by atoms with Gasteiger partial charge in [0.25, 0.3) is 0 Å². The highest BCUT2D eigenvalue weighted by molar-refractivity contribution is 9.10. The average Bonchev–Trinajstić information content (AvgIpc) is 2.09. The molecular weight excluding hydrogens is 347 g/mol. The lowest BCUT2D eigenvalue weighted by Crippen LogP contribution is -2.31. The van der Waals surface area contributed by atoms with Crippen LogP contribution in [0.15, 0.2) is 16.7 Å². The van der Waals surface area contributed by atoms with Gasteiger partial charge in [-0.3, -0.25) is 4.79 Å². The standard InChI is InChI=1S/C9H9Br2ClN2O/c1-9(2,11)8(15)14-6-3-5(10)4-13-7(6)12/h3-4H,1-2H3,(H,14,15). The maximum Gasteiger partial charge on any atom is 0.240 e. The summed E-state index contributed by atoms with van der Waals surface area (Å²) >= 11 is 12.3. The smallest absolute Gasteiger partial charge is 0.240 e. The average molecular weight is 356 g/mol. The van der Waals surface area contributed by atoms with Crippen molar-refractivity contribution in [1.29, 1.82) is 0 Å². The van der Waals surface area contributed by atoms with Crippen LogP contribution in [0.4, 0.5) is 5.69 Å². The predicted molar refractivity (Wildman–Crippen MR) is 68.6 cm³/mol. The third-order valence-electron chi connectivity index (χ3n) is 1.59. The van der Waals surface area contributed by atoms with Gasteiger partial charge >= 0.3 is 0 Å². The second kappa shape index (κ2) is 4.80. The molecule has 15 heavy (non-hydrogen) atoms. The molecule has 0 radical (unpaired) electrons. The van der Waals surface area contributed by atoms with E-state index in [9.17, 15) is 4.79 Å². The van der Waals surface area contributed by atoms with Crippen molar-refractivity contribution in [3.05, 3.63) is 21.9 Å². The van der Waals surface area contributed by atoms with E-state index in [1.165, 1.54) is 0 Å². The summed E-state index contributed by atoms with van der Waals surface area (Å²) in [5.41, 5.74) is 0.489. The molecule has 0 spiro atoms. The number of nitrogens with zero attached hydrogens (tertiary/aromatic N) is 1. The van der Waals surface area contributed by atoms with Gasteiger partial charge in [0.1, 0.15) is 0 Å². The van der Waals surface area contributed by atoms with Gasteiger partial charge in [-0.05, 0) is 35.8 Å². The lowest BCUT2D eigenvalue weighted by atomic mass is 10.2.